The molecule has 2 saturated heterocycles. The highest BCUT2D eigenvalue weighted by Crippen LogP contribution is 2.38. The van der Waals surface area contributed by atoms with E-state index in [1.54, 1.807) is 24.3 Å². The largest absolute Gasteiger partial charge is 0.494 e. The number of benzene rings is 2. The lowest BCUT2D eigenvalue weighted by atomic mass is 10.00. The third-order valence-corrected chi connectivity index (χ3v) is 10.7. The maximum atomic E-state index is 5.91. The summed E-state index contributed by atoms with van der Waals surface area (Å²) in [6.07, 6.45) is 6.80. The summed E-state index contributed by atoms with van der Waals surface area (Å²) >= 11 is 3.65. The summed E-state index contributed by atoms with van der Waals surface area (Å²) in [4.78, 5) is 16.2. The lowest BCUT2D eigenvalue weighted by Gasteiger charge is -2.41. The third kappa shape index (κ3) is 7.30. The van der Waals surface area contributed by atoms with Gasteiger partial charge in [-0.25, -0.2) is 4.98 Å². The zero-order valence-corrected chi connectivity index (χ0v) is 29.7. The zero-order valence-electron chi connectivity index (χ0n) is 27.3. The van der Waals surface area contributed by atoms with Gasteiger partial charge in [-0.1, -0.05) is 20.9 Å². The molecule has 0 unspecified atom stereocenters. The Kier molecular flexibility index (Phi) is 10.4. The van der Waals surface area contributed by atoms with Gasteiger partial charge in [0.2, 0.25) is 5.95 Å². The molecule has 46 heavy (non-hydrogen) atoms. The number of anilines is 5. The number of hydrogen-bond acceptors (Lipinski definition) is 10. The fourth-order valence-electron chi connectivity index (χ4n) is 6.28. The van der Waals surface area contributed by atoms with E-state index in [4.69, 9.17) is 14.5 Å². The highest BCUT2D eigenvalue weighted by atomic mass is 79.9. The van der Waals surface area contributed by atoms with Crippen molar-refractivity contribution >= 4 is 58.0 Å². The third-order valence-electron chi connectivity index (χ3n) is 8.77. The Bertz CT molecular complexity index is 1650. The predicted molar refractivity (Wildman–Crippen MR) is 191 cm³/mol. The molecule has 244 valence electrons. The Balaban J connectivity index is 1.20. The van der Waals surface area contributed by atoms with Crippen LogP contribution in [0.25, 0.3) is 11.3 Å². The van der Waals surface area contributed by atoms with E-state index in [9.17, 15) is 0 Å². The Hall–Kier alpha value is -3.31. The van der Waals surface area contributed by atoms with E-state index in [0.717, 1.165) is 91.5 Å². The van der Waals surface area contributed by atoms with Crippen molar-refractivity contribution in [3.63, 3.8) is 0 Å². The second-order valence-electron chi connectivity index (χ2n) is 11.9. The number of morpholine rings is 1. The SMILES string of the molecule is CCc1cc(Nc2ncc(Br)c(Nc3ccc(-c4cnn(C)n4)cc3P(C)C)n2)c(OC)cc1N1CCC(N2CCOCC2)CC1. The molecular formula is C33H43BrN9O2P. The number of halogens is 1. The summed E-state index contributed by atoms with van der Waals surface area (Å²) in [5, 5.41) is 16.9. The summed E-state index contributed by atoms with van der Waals surface area (Å²) in [5.74, 6) is 1.93. The highest BCUT2D eigenvalue weighted by molar-refractivity contribution is 9.10. The van der Waals surface area contributed by atoms with Crippen molar-refractivity contribution < 1.29 is 9.47 Å². The molecule has 0 amide bonds. The molecule has 4 heterocycles. The molecule has 2 fully saturated rings. The van der Waals surface area contributed by atoms with Crippen LogP contribution >= 0.6 is 23.9 Å². The van der Waals surface area contributed by atoms with Crippen molar-refractivity contribution in [3.05, 3.63) is 52.8 Å². The van der Waals surface area contributed by atoms with Crippen molar-refractivity contribution in [2.24, 2.45) is 7.05 Å². The van der Waals surface area contributed by atoms with Gasteiger partial charge in [-0.2, -0.15) is 20.0 Å². The number of nitrogens with one attached hydrogen (secondary N) is 2. The minimum Gasteiger partial charge on any atom is -0.494 e. The molecule has 4 aromatic rings. The normalized spacial score (nSPS) is 16.2. The first-order chi connectivity index (χ1) is 22.3. The van der Waals surface area contributed by atoms with E-state index in [-0.39, 0.29) is 0 Å². The molecule has 6 rings (SSSR count). The molecule has 2 aliphatic heterocycles. The molecular weight excluding hydrogens is 665 g/mol. The monoisotopic (exact) mass is 707 g/mol. The lowest BCUT2D eigenvalue weighted by Crippen LogP contribution is -2.49. The van der Waals surface area contributed by atoms with E-state index in [1.807, 2.05) is 7.05 Å². The summed E-state index contributed by atoms with van der Waals surface area (Å²) in [5.41, 5.74) is 6.26. The van der Waals surface area contributed by atoms with Gasteiger partial charge in [-0.3, -0.25) is 4.90 Å². The first kappa shape index (κ1) is 32.6. The maximum absolute atomic E-state index is 5.91. The van der Waals surface area contributed by atoms with Crippen LogP contribution in [0.3, 0.4) is 0 Å². The molecule has 0 bridgehead atoms. The van der Waals surface area contributed by atoms with Crippen LogP contribution in [0, 0.1) is 0 Å². The first-order valence-corrected chi connectivity index (χ1v) is 18.9. The zero-order chi connectivity index (χ0) is 32.2. The van der Waals surface area contributed by atoms with Crippen molar-refractivity contribution in [1.82, 2.24) is 29.9 Å². The van der Waals surface area contributed by atoms with Gasteiger partial charge < -0.3 is 25.0 Å². The van der Waals surface area contributed by atoms with Gasteiger partial charge in [0.25, 0.3) is 0 Å². The van der Waals surface area contributed by atoms with Crippen LogP contribution in [0.1, 0.15) is 25.3 Å². The van der Waals surface area contributed by atoms with Crippen molar-refractivity contribution in [3.8, 4) is 17.0 Å². The lowest BCUT2D eigenvalue weighted by molar-refractivity contribution is 0.0115. The Morgan fingerprint density at radius 1 is 1.02 bits per heavy atom. The molecule has 2 aromatic heterocycles. The summed E-state index contributed by atoms with van der Waals surface area (Å²) < 4.78 is 12.2. The smallest absolute Gasteiger partial charge is 0.229 e. The van der Waals surface area contributed by atoms with Gasteiger partial charge >= 0.3 is 0 Å². The van der Waals surface area contributed by atoms with E-state index in [1.165, 1.54) is 16.6 Å². The molecule has 0 spiro atoms. The van der Waals surface area contributed by atoms with Gasteiger partial charge in [0.1, 0.15) is 17.3 Å². The molecule has 13 heteroatoms. The summed E-state index contributed by atoms with van der Waals surface area (Å²) in [6.45, 7) is 12.6. The molecule has 0 atom stereocenters. The maximum Gasteiger partial charge on any atom is 0.229 e. The predicted octanol–water partition coefficient (Wildman–Crippen LogP) is 5.76. The fourth-order valence-corrected chi connectivity index (χ4v) is 7.58. The minimum absolute atomic E-state index is 0.417. The van der Waals surface area contributed by atoms with Crippen LogP contribution in [0.5, 0.6) is 5.75 Å². The molecule has 2 N–H and O–H groups in total. The van der Waals surface area contributed by atoms with Gasteiger partial charge in [-0.15, -0.1) is 0 Å². The Morgan fingerprint density at radius 2 is 1.80 bits per heavy atom. The van der Waals surface area contributed by atoms with Crippen LogP contribution < -0.4 is 25.6 Å². The van der Waals surface area contributed by atoms with Crippen molar-refractivity contribution in [2.45, 2.75) is 32.2 Å². The number of ether oxygens (including phenoxy) is 2. The van der Waals surface area contributed by atoms with E-state index >= 15 is 0 Å². The van der Waals surface area contributed by atoms with Gasteiger partial charge in [0, 0.05) is 68.5 Å². The van der Waals surface area contributed by atoms with Crippen molar-refractivity contribution in [1.29, 1.82) is 0 Å². The van der Waals surface area contributed by atoms with Crippen LogP contribution in [-0.2, 0) is 18.2 Å². The molecule has 0 aliphatic carbocycles. The Labute approximate surface area is 281 Å². The van der Waals surface area contributed by atoms with E-state index < -0.39 is 7.92 Å². The number of aromatic nitrogens is 5. The average Bonchev–Trinajstić information content (AvgIpc) is 3.52. The number of hydrogen-bond donors (Lipinski definition) is 2. The van der Waals surface area contributed by atoms with Crippen LogP contribution in [0.4, 0.5) is 28.8 Å². The molecule has 2 aromatic carbocycles. The quantitative estimate of drug-likeness (QED) is 0.198. The fraction of sp³-hybridized carbons (Fsp3) is 0.455. The molecule has 0 saturated carbocycles. The summed E-state index contributed by atoms with van der Waals surface area (Å²) in [6, 6.07) is 11.3. The van der Waals surface area contributed by atoms with Crippen LogP contribution in [0.2, 0.25) is 0 Å². The van der Waals surface area contributed by atoms with Crippen molar-refractivity contribution in [2.75, 3.05) is 75.4 Å². The Morgan fingerprint density at radius 3 is 2.48 bits per heavy atom. The topological polar surface area (TPSA) is 105 Å². The average molecular weight is 709 g/mol. The number of rotatable bonds is 10. The standard InChI is InChI=1S/C33H43BrN9O2P/c1-6-22-17-27(30(44-3)19-29(22)43-11-9-24(10-12-43)42-13-15-45-16-14-42)38-33-35-20-25(34)32(39-33)37-26-8-7-23(18-31(26)46(4)5)28-21-36-41(2)40-28/h7-8,17-21,24H,6,9-16H2,1-5H3,(H2,35,37,38,39). The molecule has 2 aliphatic rings. The van der Waals surface area contributed by atoms with Gasteiger partial charge in [-0.05, 0) is 77.6 Å². The van der Waals surface area contributed by atoms with E-state index in [0.29, 0.717) is 17.8 Å². The molecule has 0 radical (unpaired) electrons. The minimum atomic E-state index is -0.417. The van der Waals surface area contributed by atoms with Crippen LogP contribution in [-0.4, -0.2) is 95.7 Å². The van der Waals surface area contributed by atoms with Gasteiger partial charge in [0.15, 0.2) is 0 Å². The number of aryl methyl sites for hydroxylation is 2. The van der Waals surface area contributed by atoms with E-state index in [2.05, 4.69) is 102 Å². The second kappa shape index (κ2) is 14.6. The molecule has 11 nitrogen and oxygen atoms in total. The first-order valence-electron chi connectivity index (χ1n) is 15.8. The second-order valence-corrected chi connectivity index (χ2v) is 15.0. The summed E-state index contributed by atoms with van der Waals surface area (Å²) in [7, 11) is 3.13. The highest BCUT2D eigenvalue weighted by Gasteiger charge is 2.27. The van der Waals surface area contributed by atoms with Crippen LogP contribution in [0.15, 0.2) is 47.2 Å². The number of piperidine rings is 1. The number of nitrogens with zero attached hydrogens (tertiary/aromatic N) is 7. The number of methoxy groups -OCH3 is 1. The van der Waals surface area contributed by atoms with Gasteiger partial charge in [0.05, 0.1) is 36.7 Å².